The van der Waals surface area contributed by atoms with Crippen molar-refractivity contribution in [1.29, 1.82) is 0 Å². The van der Waals surface area contributed by atoms with Crippen molar-refractivity contribution < 1.29 is 35.9 Å². The van der Waals surface area contributed by atoms with Gasteiger partial charge in [-0.15, -0.1) is 0 Å². The maximum Gasteiger partial charge on any atom is 0.423 e. The number of hydrogen-bond donors (Lipinski definition) is 1. The lowest BCUT2D eigenvalue weighted by Gasteiger charge is -2.34. The van der Waals surface area contributed by atoms with Crippen molar-refractivity contribution in [2.45, 2.75) is 71.2 Å². The van der Waals surface area contributed by atoms with E-state index in [-0.39, 0.29) is 38.2 Å². The van der Waals surface area contributed by atoms with Gasteiger partial charge in [-0.3, -0.25) is 9.59 Å². The molecule has 1 atom stereocenters. The molecule has 1 aliphatic rings. The lowest BCUT2D eigenvalue weighted by atomic mass is 10.2. The highest BCUT2D eigenvalue weighted by molar-refractivity contribution is 6.76. The number of halogens is 6. The van der Waals surface area contributed by atoms with Gasteiger partial charge < -0.3 is 24.4 Å². The van der Waals surface area contributed by atoms with Crippen LogP contribution in [0.2, 0.25) is 25.7 Å². The first kappa shape index (κ1) is 35.9. The molecule has 1 N–H and O–H groups in total. The summed E-state index contributed by atoms with van der Waals surface area (Å²) in [6.07, 6.45) is -5.45. The highest BCUT2D eigenvalue weighted by atomic mass is 28.3. The van der Waals surface area contributed by atoms with E-state index in [0.29, 0.717) is 35.6 Å². The predicted molar refractivity (Wildman–Crippen MR) is 165 cm³/mol. The molecule has 0 bridgehead atoms. The number of hydrogen-bond acceptors (Lipinski definition) is 8. The summed E-state index contributed by atoms with van der Waals surface area (Å²) in [6.45, 7) is 11.1. The lowest BCUT2D eigenvalue weighted by molar-refractivity contribution is -0.139. The summed E-state index contributed by atoms with van der Waals surface area (Å²) in [5, 5.41) is 6.65. The first-order valence-corrected chi connectivity index (χ1v) is 18.7. The van der Waals surface area contributed by atoms with E-state index in [9.17, 15) is 35.9 Å². The average molecular weight is 689 g/mol. The first-order chi connectivity index (χ1) is 21.8. The van der Waals surface area contributed by atoms with E-state index in [1.165, 1.54) is 0 Å². The van der Waals surface area contributed by atoms with Gasteiger partial charge in [0.05, 0.1) is 23.0 Å². The summed E-state index contributed by atoms with van der Waals surface area (Å²) in [4.78, 5) is 36.9. The van der Waals surface area contributed by atoms with Crippen LogP contribution in [0.25, 0.3) is 0 Å². The lowest BCUT2D eigenvalue weighted by Crippen LogP contribution is -2.49. The molecule has 0 spiro atoms. The maximum absolute atomic E-state index is 14.0. The third-order valence-electron chi connectivity index (χ3n) is 7.58. The molecular weight excluding hydrogens is 650 g/mol. The molecule has 4 rings (SSSR count). The Kier molecular flexibility index (Phi) is 10.7. The molecule has 11 nitrogen and oxygen atoms in total. The van der Waals surface area contributed by atoms with Crippen molar-refractivity contribution >= 4 is 25.6 Å². The minimum atomic E-state index is -4.94. The Morgan fingerprint density at radius 1 is 1.02 bits per heavy atom. The number of aromatic nitrogens is 5. The Morgan fingerprint density at radius 2 is 1.66 bits per heavy atom. The van der Waals surface area contributed by atoms with E-state index >= 15 is 0 Å². The molecule has 0 aliphatic carbocycles. The topological polar surface area (TPSA) is 110 Å². The summed E-state index contributed by atoms with van der Waals surface area (Å²) >= 11 is 0. The number of rotatable bonds is 11. The highest BCUT2D eigenvalue weighted by Gasteiger charge is 2.39. The minimum Gasteiger partial charge on any atom is -0.379 e. The molecule has 3 aromatic rings. The minimum absolute atomic E-state index is 0.139. The zero-order valence-electron chi connectivity index (χ0n) is 26.7. The van der Waals surface area contributed by atoms with Gasteiger partial charge in [0.2, 0.25) is 5.95 Å². The SMILES string of the molecule is Cc1cc(C(=O)N2CCN(c3ncc(C(F)(F)F)cn3)CC2)cn1CC(C)Nc1cnn(COCC[Si](C)(C)C)c(=O)c1C(F)(F)F. The van der Waals surface area contributed by atoms with Gasteiger partial charge in [0, 0.05) is 77.7 Å². The molecule has 4 heterocycles. The van der Waals surface area contributed by atoms with Crippen molar-refractivity contribution in [1.82, 2.24) is 29.2 Å². The second kappa shape index (κ2) is 14.0. The second-order valence-corrected chi connectivity index (χ2v) is 18.3. The van der Waals surface area contributed by atoms with Gasteiger partial charge in [-0.25, -0.2) is 14.6 Å². The number of piperazine rings is 1. The van der Waals surface area contributed by atoms with E-state index in [0.717, 1.165) is 24.6 Å². The fourth-order valence-corrected chi connectivity index (χ4v) is 5.71. The standard InChI is InChI=1S/C29H38F6N8O3Si/c1-19(39-23-15-38-43(18-46-10-11-47(3,4)5)26(45)24(23)29(33,34)35)16-42-17-21(12-20(42)2)25(44)40-6-8-41(9-7-40)27-36-13-22(14-37-27)28(30,31)32/h12-15,17,19,39H,6-11,16,18H2,1-5H3. The number of aryl methyl sites for hydroxylation is 1. The molecule has 1 aliphatic heterocycles. The number of amides is 1. The third kappa shape index (κ3) is 9.33. The number of nitrogens with zero attached hydrogens (tertiary/aromatic N) is 7. The number of carbonyl (C=O) groups is 1. The van der Waals surface area contributed by atoms with E-state index in [2.05, 4.69) is 40.0 Å². The van der Waals surface area contributed by atoms with Crippen LogP contribution in [-0.2, 0) is 30.4 Å². The van der Waals surface area contributed by atoms with Crippen molar-refractivity contribution in [3.05, 3.63) is 63.6 Å². The first-order valence-electron chi connectivity index (χ1n) is 15.0. The highest BCUT2D eigenvalue weighted by Crippen LogP contribution is 2.32. The Bertz CT molecular complexity index is 1590. The molecule has 1 saturated heterocycles. The smallest absolute Gasteiger partial charge is 0.379 e. The molecule has 3 aromatic heterocycles. The molecule has 0 radical (unpaired) electrons. The zero-order chi connectivity index (χ0) is 34.7. The molecule has 47 heavy (non-hydrogen) atoms. The monoisotopic (exact) mass is 688 g/mol. The Balaban J connectivity index is 1.37. The van der Waals surface area contributed by atoms with Crippen molar-refractivity contribution in [3.8, 4) is 0 Å². The Hall–Kier alpha value is -3.93. The molecular formula is C29H38F6N8O3Si. The molecule has 0 aromatic carbocycles. The van der Waals surface area contributed by atoms with Gasteiger partial charge in [-0.1, -0.05) is 19.6 Å². The zero-order valence-corrected chi connectivity index (χ0v) is 27.7. The number of ether oxygens (including phenoxy) is 1. The largest absolute Gasteiger partial charge is 0.423 e. The van der Waals surface area contributed by atoms with Crippen LogP contribution in [0.3, 0.4) is 0 Å². The molecule has 258 valence electrons. The molecule has 1 amide bonds. The van der Waals surface area contributed by atoms with Gasteiger partial charge in [0.1, 0.15) is 12.3 Å². The van der Waals surface area contributed by atoms with E-state index < -0.39 is 48.8 Å². The van der Waals surface area contributed by atoms with Crippen LogP contribution in [0.5, 0.6) is 0 Å². The average Bonchev–Trinajstić information content (AvgIpc) is 3.33. The van der Waals surface area contributed by atoms with E-state index in [1.54, 1.807) is 40.5 Å². The van der Waals surface area contributed by atoms with Gasteiger partial charge >= 0.3 is 12.4 Å². The Morgan fingerprint density at radius 3 is 2.23 bits per heavy atom. The van der Waals surface area contributed by atoms with Gasteiger partial charge in [-0.05, 0) is 26.0 Å². The second-order valence-electron chi connectivity index (χ2n) is 12.7. The summed E-state index contributed by atoms with van der Waals surface area (Å²) < 4.78 is 88.3. The van der Waals surface area contributed by atoms with Crippen molar-refractivity contribution in [2.75, 3.05) is 43.0 Å². The maximum atomic E-state index is 14.0. The molecule has 1 fully saturated rings. The molecule has 0 saturated carbocycles. The molecule has 18 heteroatoms. The van der Waals surface area contributed by atoms with Crippen molar-refractivity contribution in [3.63, 3.8) is 0 Å². The van der Waals surface area contributed by atoms with Crippen LogP contribution in [0.4, 0.5) is 38.0 Å². The summed E-state index contributed by atoms with van der Waals surface area (Å²) in [5.74, 6) is -0.125. The summed E-state index contributed by atoms with van der Waals surface area (Å²) in [6, 6.07) is 1.86. The fraction of sp³-hybridized carbons (Fsp3) is 0.552. The van der Waals surface area contributed by atoms with E-state index in [4.69, 9.17) is 4.74 Å². The third-order valence-corrected chi connectivity index (χ3v) is 9.29. The van der Waals surface area contributed by atoms with E-state index in [1.807, 2.05) is 0 Å². The van der Waals surface area contributed by atoms with Gasteiger partial charge in [0.25, 0.3) is 11.5 Å². The molecule has 1 unspecified atom stereocenters. The normalized spacial score (nSPS) is 15.2. The predicted octanol–water partition coefficient (Wildman–Crippen LogP) is 4.96. The number of carbonyl (C=O) groups excluding carboxylic acids is 1. The fourth-order valence-electron chi connectivity index (χ4n) is 4.95. The quantitative estimate of drug-likeness (QED) is 0.171. The summed E-state index contributed by atoms with van der Waals surface area (Å²) in [5.41, 5.74) is -3.00. The van der Waals surface area contributed by atoms with Crippen LogP contribution in [0.15, 0.2) is 35.6 Å². The Labute approximate surface area is 268 Å². The van der Waals surface area contributed by atoms with Gasteiger partial charge in [0.15, 0.2) is 0 Å². The van der Waals surface area contributed by atoms with Crippen molar-refractivity contribution in [2.24, 2.45) is 0 Å². The van der Waals surface area contributed by atoms with Crippen LogP contribution in [-0.4, -0.2) is 82.0 Å². The number of anilines is 2. The number of nitrogens with one attached hydrogen (secondary N) is 1. The van der Waals surface area contributed by atoms with Crippen LogP contribution >= 0.6 is 0 Å². The van der Waals surface area contributed by atoms with Gasteiger partial charge in [-0.2, -0.15) is 31.4 Å². The van der Waals surface area contributed by atoms with Crippen LogP contribution in [0, 0.1) is 6.92 Å². The summed E-state index contributed by atoms with van der Waals surface area (Å²) in [7, 11) is -1.43. The van der Waals surface area contributed by atoms with Crippen LogP contribution < -0.4 is 15.8 Å². The number of alkyl halides is 6. The van der Waals surface area contributed by atoms with Crippen LogP contribution in [0.1, 0.15) is 34.1 Å².